The number of ether oxygens (including phenoxy) is 2. The van der Waals surface area contributed by atoms with Crippen LogP contribution >= 0.6 is 11.3 Å². The van der Waals surface area contributed by atoms with Crippen LogP contribution in [0.4, 0.5) is 4.79 Å². The molecule has 116 valence electrons. The van der Waals surface area contributed by atoms with Gasteiger partial charge >= 0.3 is 12.1 Å². The van der Waals surface area contributed by atoms with Gasteiger partial charge in [0.1, 0.15) is 13.2 Å². The van der Waals surface area contributed by atoms with Crippen molar-refractivity contribution in [1.82, 2.24) is 5.32 Å². The van der Waals surface area contributed by atoms with Crippen molar-refractivity contribution < 1.29 is 19.1 Å². The summed E-state index contributed by atoms with van der Waals surface area (Å²) in [6.45, 7) is 0.569. The molecule has 0 saturated carbocycles. The molecule has 0 atom stereocenters. The predicted molar refractivity (Wildman–Crippen MR) is 83.6 cm³/mol. The molecule has 0 unspecified atom stereocenters. The molecule has 0 spiro atoms. The Morgan fingerprint density at radius 1 is 1.05 bits per heavy atom. The molecule has 0 aliphatic rings. The predicted octanol–water partition coefficient (Wildman–Crippen LogP) is 2.76. The average molecular weight is 319 g/mol. The minimum Gasteiger partial charge on any atom is -0.464 e. The molecule has 1 aromatic heterocycles. The highest BCUT2D eigenvalue weighted by Crippen LogP contribution is 2.09. The summed E-state index contributed by atoms with van der Waals surface area (Å²) in [4.78, 5) is 23.9. The van der Waals surface area contributed by atoms with Gasteiger partial charge in [0.2, 0.25) is 0 Å². The molecule has 5 nitrogen and oxygen atoms in total. The highest BCUT2D eigenvalue weighted by molar-refractivity contribution is 7.10. The lowest BCUT2D eigenvalue weighted by atomic mass is 10.2. The maximum Gasteiger partial charge on any atom is 0.407 e. The fourth-order valence-electron chi connectivity index (χ4n) is 1.70. The number of carbonyl (C=O) groups is 2. The van der Waals surface area contributed by atoms with Crippen LogP contribution in [0.25, 0.3) is 0 Å². The first kappa shape index (κ1) is 16.0. The smallest absolute Gasteiger partial charge is 0.407 e. The van der Waals surface area contributed by atoms with Gasteiger partial charge in [0.05, 0.1) is 13.0 Å². The number of carbonyl (C=O) groups excluding carboxylic acids is 2. The highest BCUT2D eigenvalue weighted by atomic mass is 32.1. The second kappa shape index (κ2) is 8.84. The van der Waals surface area contributed by atoms with Gasteiger partial charge in [0, 0.05) is 4.88 Å². The molecule has 22 heavy (non-hydrogen) atoms. The second-order valence-corrected chi connectivity index (χ2v) is 5.50. The van der Waals surface area contributed by atoms with Crippen molar-refractivity contribution in [2.75, 3.05) is 13.2 Å². The van der Waals surface area contributed by atoms with Gasteiger partial charge in [-0.3, -0.25) is 4.79 Å². The Hall–Kier alpha value is -2.34. The molecule has 6 heteroatoms. The standard InChI is InChI=1S/C16H17NO4S/c18-15(11-14-7-4-10-22-14)20-9-8-17-16(19)21-12-13-5-2-1-3-6-13/h1-7,10H,8-9,11-12H2,(H,17,19). The number of hydrogen-bond donors (Lipinski definition) is 1. The Balaban J connectivity index is 1.54. The number of esters is 1. The Labute approximate surface area is 132 Å². The van der Waals surface area contributed by atoms with E-state index < -0.39 is 6.09 Å². The van der Waals surface area contributed by atoms with Crippen LogP contribution in [0.1, 0.15) is 10.4 Å². The van der Waals surface area contributed by atoms with Gasteiger partial charge in [0.25, 0.3) is 0 Å². The van der Waals surface area contributed by atoms with E-state index in [-0.39, 0.29) is 32.1 Å². The van der Waals surface area contributed by atoms with E-state index in [0.29, 0.717) is 0 Å². The molecular weight excluding hydrogens is 302 g/mol. The van der Waals surface area contributed by atoms with Gasteiger partial charge < -0.3 is 14.8 Å². The van der Waals surface area contributed by atoms with Crippen molar-refractivity contribution in [3.8, 4) is 0 Å². The zero-order valence-corrected chi connectivity index (χ0v) is 12.8. The summed E-state index contributed by atoms with van der Waals surface area (Å²) < 4.78 is 10.1. The van der Waals surface area contributed by atoms with Crippen LogP contribution in [0.15, 0.2) is 47.8 Å². The van der Waals surface area contributed by atoms with Crippen molar-refractivity contribution in [3.63, 3.8) is 0 Å². The number of alkyl carbamates (subject to hydrolysis) is 1. The van der Waals surface area contributed by atoms with Gasteiger partial charge in [-0.2, -0.15) is 0 Å². The van der Waals surface area contributed by atoms with Gasteiger partial charge in [-0.1, -0.05) is 36.4 Å². The second-order valence-electron chi connectivity index (χ2n) is 4.47. The molecule has 1 N–H and O–H groups in total. The molecule has 0 fully saturated rings. The summed E-state index contributed by atoms with van der Waals surface area (Å²) in [7, 11) is 0. The van der Waals surface area contributed by atoms with Gasteiger partial charge in [-0.05, 0) is 17.0 Å². The third-order valence-corrected chi connectivity index (χ3v) is 3.62. The summed E-state index contributed by atoms with van der Waals surface area (Å²) >= 11 is 1.51. The first-order valence-corrected chi connectivity index (χ1v) is 7.74. The van der Waals surface area contributed by atoms with E-state index in [1.54, 1.807) is 0 Å². The normalized spacial score (nSPS) is 10.0. The lowest BCUT2D eigenvalue weighted by Crippen LogP contribution is -2.28. The number of thiophene rings is 1. The van der Waals surface area contributed by atoms with Crippen LogP contribution in [0.2, 0.25) is 0 Å². The average Bonchev–Trinajstić information content (AvgIpc) is 3.03. The summed E-state index contributed by atoms with van der Waals surface area (Å²) in [5.74, 6) is -0.304. The van der Waals surface area contributed by atoms with Crippen molar-refractivity contribution in [2.24, 2.45) is 0 Å². The van der Waals surface area contributed by atoms with Crippen LogP contribution in [-0.4, -0.2) is 25.2 Å². The van der Waals surface area contributed by atoms with E-state index in [1.165, 1.54) is 11.3 Å². The number of benzene rings is 1. The largest absolute Gasteiger partial charge is 0.464 e. The minimum atomic E-state index is -0.529. The highest BCUT2D eigenvalue weighted by Gasteiger charge is 2.06. The fourth-order valence-corrected chi connectivity index (χ4v) is 2.39. The lowest BCUT2D eigenvalue weighted by Gasteiger charge is -2.07. The zero-order valence-electron chi connectivity index (χ0n) is 12.0. The molecule has 2 rings (SSSR count). The van der Waals surface area contributed by atoms with Crippen LogP contribution < -0.4 is 5.32 Å². The van der Waals surface area contributed by atoms with Crippen LogP contribution in [0, 0.1) is 0 Å². The molecule has 2 aromatic rings. The zero-order chi connectivity index (χ0) is 15.6. The maximum absolute atomic E-state index is 11.5. The quantitative estimate of drug-likeness (QED) is 0.629. The Morgan fingerprint density at radius 3 is 2.59 bits per heavy atom. The Morgan fingerprint density at radius 2 is 1.86 bits per heavy atom. The maximum atomic E-state index is 11.5. The Bertz CT molecular complexity index is 583. The van der Waals surface area contributed by atoms with Crippen molar-refractivity contribution in [3.05, 3.63) is 58.3 Å². The topological polar surface area (TPSA) is 64.6 Å². The molecule has 1 heterocycles. The van der Waals surface area contributed by atoms with Crippen molar-refractivity contribution in [1.29, 1.82) is 0 Å². The summed E-state index contributed by atoms with van der Waals surface area (Å²) in [5.41, 5.74) is 0.917. The van der Waals surface area contributed by atoms with E-state index in [4.69, 9.17) is 9.47 Å². The Kier molecular flexibility index (Phi) is 6.44. The first-order valence-electron chi connectivity index (χ1n) is 6.86. The summed E-state index contributed by atoms with van der Waals surface area (Å²) in [6.07, 6.45) is -0.269. The molecule has 1 amide bonds. The molecule has 1 aromatic carbocycles. The number of hydrogen-bond acceptors (Lipinski definition) is 5. The third-order valence-electron chi connectivity index (χ3n) is 2.75. The van der Waals surface area contributed by atoms with E-state index in [9.17, 15) is 9.59 Å². The molecule has 0 saturated heterocycles. The van der Waals surface area contributed by atoms with Gasteiger partial charge in [0.15, 0.2) is 0 Å². The molecule has 0 aliphatic carbocycles. The van der Waals surface area contributed by atoms with E-state index in [2.05, 4.69) is 5.32 Å². The van der Waals surface area contributed by atoms with Gasteiger partial charge in [-0.25, -0.2) is 4.79 Å². The number of amides is 1. The van der Waals surface area contributed by atoms with Crippen molar-refractivity contribution in [2.45, 2.75) is 13.0 Å². The number of rotatable bonds is 7. The molecular formula is C16H17NO4S. The summed E-state index contributed by atoms with van der Waals surface area (Å²) in [6, 6.07) is 13.2. The molecule has 0 bridgehead atoms. The van der Waals surface area contributed by atoms with E-state index in [0.717, 1.165) is 10.4 Å². The lowest BCUT2D eigenvalue weighted by molar-refractivity contribution is -0.142. The monoisotopic (exact) mass is 319 g/mol. The van der Waals surface area contributed by atoms with E-state index >= 15 is 0 Å². The SMILES string of the molecule is O=C(Cc1cccs1)OCCNC(=O)OCc1ccccc1. The first-order chi connectivity index (χ1) is 10.7. The van der Waals surface area contributed by atoms with E-state index in [1.807, 2.05) is 47.8 Å². The van der Waals surface area contributed by atoms with Crippen LogP contribution in [0.3, 0.4) is 0 Å². The third kappa shape index (κ3) is 5.97. The van der Waals surface area contributed by atoms with Gasteiger partial charge in [-0.15, -0.1) is 11.3 Å². The minimum absolute atomic E-state index is 0.130. The number of nitrogens with one attached hydrogen (secondary N) is 1. The van der Waals surface area contributed by atoms with Crippen LogP contribution in [-0.2, 0) is 27.3 Å². The summed E-state index contributed by atoms with van der Waals surface area (Å²) in [5, 5.41) is 4.44. The molecule has 0 radical (unpaired) electrons. The van der Waals surface area contributed by atoms with Crippen molar-refractivity contribution >= 4 is 23.4 Å². The molecule has 0 aliphatic heterocycles. The van der Waals surface area contributed by atoms with Crippen LogP contribution in [0.5, 0.6) is 0 Å². The fraction of sp³-hybridized carbons (Fsp3) is 0.250.